The first-order valence-electron chi connectivity index (χ1n) is 8.04. The van der Waals surface area contributed by atoms with Gasteiger partial charge < -0.3 is 4.74 Å². The highest BCUT2D eigenvalue weighted by molar-refractivity contribution is 7.71. The van der Waals surface area contributed by atoms with Crippen LogP contribution in [0.2, 0.25) is 0 Å². The zero-order valence-corrected chi connectivity index (χ0v) is 15.2. The number of aromatic amines is 1. The molecule has 0 fully saturated rings. The van der Waals surface area contributed by atoms with Crippen molar-refractivity contribution in [3.05, 3.63) is 64.4 Å². The molecule has 0 saturated carbocycles. The molecule has 0 radical (unpaired) electrons. The van der Waals surface area contributed by atoms with Crippen molar-refractivity contribution in [3.63, 3.8) is 0 Å². The molecule has 0 aliphatic rings. The van der Waals surface area contributed by atoms with E-state index >= 15 is 0 Å². The van der Waals surface area contributed by atoms with Gasteiger partial charge in [-0.25, -0.2) is 5.10 Å². The van der Waals surface area contributed by atoms with Crippen molar-refractivity contribution in [1.82, 2.24) is 14.9 Å². The molecule has 0 saturated heterocycles. The molecule has 1 heterocycles. The van der Waals surface area contributed by atoms with Crippen LogP contribution in [0.25, 0.3) is 11.4 Å². The van der Waals surface area contributed by atoms with Crippen LogP contribution < -0.4 is 4.74 Å². The van der Waals surface area contributed by atoms with Crippen molar-refractivity contribution in [3.8, 4) is 17.1 Å². The molecule has 1 N–H and O–H groups in total. The lowest BCUT2D eigenvalue weighted by Crippen LogP contribution is -1.96. The highest BCUT2D eigenvalue weighted by Crippen LogP contribution is 2.22. The second-order valence-electron chi connectivity index (χ2n) is 5.96. The lowest BCUT2D eigenvalue weighted by molar-refractivity contribution is 0.415. The van der Waals surface area contributed by atoms with Crippen LogP contribution in [-0.2, 0) is 0 Å². The molecule has 3 rings (SSSR count). The summed E-state index contributed by atoms with van der Waals surface area (Å²) in [5.74, 6) is 1.90. The predicted molar refractivity (Wildman–Crippen MR) is 103 cm³/mol. The van der Waals surface area contributed by atoms with Gasteiger partial charge in [-0.15, -0.1) is 0 Å². The smallest absolute Gasteiger partial charge is 0.216 e. The van der Waals surface area contributed by atoms with Gasteiger partial charge in [0.2, 0.25) is 4.77 Å². The molecule has 1 aromatic heterocycles. The molecule has 0 spiro atoms. The van der Waals surface area contributed by atoms with Crippen molar-refractivity contribution in [2.24, 2.45) is 5.10 Å². The second kappa shape index (κ2) is 7.44. The number of benzene rings is 2. The first-order chi connectivity index (χ1) is 12.1. The van der Waals surface area contributed by atoms with Crippen LogP contribution in [0.5, 0.6) is 5.75 Å². The Morgan fingerprint density at radius 3 is 2.64 bits per heavy atom. The summed E-state index contributed by atoms with van der Waals surface area (Å²) in [6.45, 7) is 4.35. The molecule has 0 bridgehead atoms. The van der Waals surface area contributed by atoms with Crippen LogP contribution in [0.3, 0.4) is 0 Å². The Hall–Kier alpha value is -2.73. The van der Waals surface area contributed by atoms with Gasteiger partial charge in [-0.3, -0.25) is 0 Å². The van der Waals surface area contributed by atoms with Gasteiger partial charge in [-0.2, -0.15) is 14.9 Å². The number of nitrogens with zero attached hydrogens (tertiary/aromatic N) is 3. The highest BCUT2D eigenvalue weighted by atomic mass is 32.1. The molecule has 0 atom stereocenters. The van der Waals surface area contributed by atoms with E-state index in [1.54, 1.807) is 18.0 Å². The van der Waals surface area contributed by atoms with E-state index in [-0.39, 0.29) is 0 Å². The fourth-order valence-corrected chi connectivity index (χ4v) is 2.62. The van der Waals surface area contributed by atoms with E-state index in [0.717, 1.165) is 16.9 Å². The number of hydrogen-bond acceptors (Lipinski definition) is 4. The fourth-order valence-electron chi connectivity index (χ4n) is 2.44. The summed E-state index contributed by atoms with van der Waals surface area (Å²) in [5.41, 5.74) is 3.18. The molecule has 2 aromatic carbocycles. The summed E-state index contributed by atoms with van der Waals surface area (Å²) < 4.78 is 7.32. The van der Waals surface area contributed by atoms with Gasteiger partial charge in [0.1, 0.15) is 5.75 Å². The normalized spacial score (nSPS) is 11.4. The molecular formula is C19H20N4OS. The third-order valence-electron chi connectivity index (χ3n) is 3.90. The van der Waals surface area contributed by atoms with Crippen LogP contribution in [-0.4, -0.2) is 28.2 Å². The second-order valence-corrected chi connectivity index (χ2v) is 6.35. The van der Waals surface area contributed by atoms with Crippen LogP contribution in [0.4, 0.5) is 0 Å². The van der Waals surface area contributed by atoms with Crippen LogP contribution in [0.15, 0.2) is 53.6 Å². The van der Waals surface area contributed by atoms with Gasteiger partial charge in [-0.05, 0) is 41.4 Å². The molecule has 5 nitrogen and oxygen atoms in total. The van der Waals surface area contributed by atoms with E-state index in [1.807, 2.05) is 36.4 Å². The van der Waals surface area contributed by atoms with E-state index in [2.05, 4.69) is 41.3 Å². The fraction of sp³-hybridized carbons (Fsp3) is 0.211. The van der Waals surface area contributed by atoms with Crippen LogP contribution in [0, 0.1) is 4.77 Å². The van der Waals surface area contributed by atoms with E-state index in [9.17, 15) is 0 Å². The van der Waals surface area contributed by atoms with Crippen LogP contribution >= 0.6 is 12.2 Å². The van der Waals surface area contributed by atoms with Crippen molar-refractivity contribution in [1.29, 1.82) is 0 Å². The van der Waals surface area contributed by atoms with E-state index in [4.69, 9.17) is 17.0 Å². The number of aromatic nitrogens is 3. The predicted octanol–water partition coefficient (Wildman–Crippen LogP) is 4.62. The van der Waals surface area contributed by atoms with Crippen molar-refractivity contribution in [2.75, 3.05) is 7.11 Å². The third-order valence-corrected chi connectivity index (χ3v) is 4.17. The van der Waals surface area contributed by atoms with E-state index in [1.165, 1.54) is 5.56 Å². The van der Waals surface area contributed by atoms with Gasteiger partial charge >= 0.3 is 0 Å². The topological polar surface area (TPSA) is 55.2 Å². The Kier molecular flexibility index (Phi) is 5.09. The molecule has 3 aromatic rings. The van der Waals surface area contributed by atoms with Crippen LogP contribution in [0.1, 0.15) is 30.9 Å². The maximum atomic E-state index is 5.30. The van der Waals surface area contributed by atoms with Crippen molar-refractivity contribution < 1.29 is 4.74 Å². The van der Waals surface area contributed by atoms with E-state index < -0.39 is 0 Å². The Labute approximate surface area is 152 Å². The molecule has 0 amide bonds. The Balaban J connectivity index is 1.92. The zero-order chi connectivity index (χ0) is 17.8. The minimum atomic E-state index is 0.438. The summed E-state index contributed by atoms with van der Waals surface area (Å²) in [6.07, 6.45) is 1.78. The minimum absolute atomic E-state index is 0.438. The maximum Gasteiger partial charge on any atom is 0.216 e. The van der Waals surface area contributed by atoms with E-state index in [0.29, 0.717) is 16.5 Å². The van der Waals surface area contributed by atoms with Gasteiger partial charge in [0, 0.05) is 5.56 Å². The monoisotopic (exact) mass is 352 g/mol. The van der Waals surface area contributed by atoms with Gasteiger partial charge in [0.15, 0.2) is 5.82 Å². The van der Waals surface area contributed by atoms with Gasteiger partial charge in [-0.1, -0.05) is 50.2 Å². The first-order valence-corrected chi connectivity index (χ1v) is 8.45. The summed E-state index contributed by atoms with van der Waals surface area (Å²) in [5, 5.41) is 11.6. The number of ether oxygens (including phenoxy) is 1. The number of H-pyrrole nitrogens is 1. The molecule has 128 valence electrons. The first kappa shape index (κ1) is 17.1. The van der Waals surface area contributed by atoms with Crippen molar-refractivity contribution in [2.45, 2.75) is 19.8 Å². The van der Waals surface area contributed by atoms with Crippen molar-refractivity contribution >= 4 is 18.4 Å². The molecule has 0 aliphatic heterocycles. The lowest BCUT2D eigenvalue weighted by atomic mass is 10.0. The molecule has 0 unspecified atom stereocenters. The number of nitrogens with one attached hydrogen (secondary N) is 1. The standard InChI is InChI=1S/C19H20N4OS/c1-13(2)15-9-7-14(8-10-15)12-20-23-18(21-22-19(23)25)16-5-4-6-17(11-16)24-3/h4-13H,1-3H3,(H,22,25)/b20-12-. The molecule has 25 heavy (non-hydrogen) atoms. The molecule has 6 heteroatoms. The molecular weight excluding hydrogens is 332 g/mol. The largest absolute Gasteiger partial charge is 0.497 e. The lowest BCUT2D eigenvalue weighted by Gasteiger charge is -2.05. The number of methoxy groups -OCH3 is 1. The Morgan fingerprint density at radius 2 is 1.96 bits per heavy atom. The summed E-state index contributed by atoms with van der Waals surface area (Å²) in [4.78, 5) is 0. The zero-order valence-electron chi connectivity index (χ0n) is 14.4. The Morgan fingerprint density at radius 1 is 1.20 bits per heavy atom. The summed E-state index contributed by atoms with van der Waals surface area (Å²) >= 11 is 5.30. The Bertz CT molecular complexity index is 939. The highest BCUT2D eigenvalue weighted by Gasteiger charge is 2.09. The SMILES string of the molecule is COc1cccc(-c2n[nH]c(=S)n2/N=C\c2ccc(C(C)C)cc2)c1. The maximum absolute atomic E-state index is 5.30. The quantitative estimate of drug-likeness (QED) is 0.538. The minimum Gasteiger partial charge on any atom is -0.497 e. The summed E-state index contributed by atoms with van der Waals surface area (Å²) in [7, 11) is 1.63. The van der Waals surface area contributed by atoms with Gasteiger partial charge in [0.05, 0.1) is 13.3 Å². The summed E-state index contributed by atoms with van der Waals surface area (Å²) in [6, 6.07) is 16.0. The number of hydrogen-bond donors (Lipinski definition) is 1. The molecule has 0 aliphatic carbocycles. The number of rotatable bonds is 5. The average molecular weight is 352 g/mol. The average Bonchev–Trinajstić information content (AvgIpc) is 3.01. The van der Waals surface area contributed by atoms with Gasteiger partial charge in [0.25, 0.3) is 0 Å². The third kappa shape index (κ3) is 3.85.